The van der Waals surface area contributed by atoms with E-state index in [1.165, 1.54) is 6.07 Å². The summed E-state index contributed by atoms with van der Waals surface area (Å²) in [5.41, 5.74) is -1.58. The number of anilines is 1. The molecule has 152 valence electrons. The van der Waals surface area contributed by atoms with Gasteiger partial charge in [-0.1, -0.05) is 20.8 Å². The summed E-state index contributed by atoms with van der Waals surface area (Å²) in [6.07, 6.45) is 4.44. The summed E-state index contributed by atoms with van der Waals surface area (Å²) in [7, 11) is 0. The van der Waals surface area contributed by atoms with Crippen LogP contribution in [0.2, 0.25) is 0 Å². The molecule has 2 aliphatic carbocycles. The third kappa shape index (κ3) is 3.19. The maximum atomic E-state index is 15.5. The second-order valence-corrected chi connectivity index (χ2v) is 9.48. The van der Waals surface area contributed by atoms with E-state index in [0.717, 1.165) is 25.7 Å². The monoisotopic (exact) mass is 391 g/mol. The highest BCUT2D eigenvalue weighted by molar-refractivity contribution is 5.92. The second kappa shape index (κ2) is 6.51. The highest BCUT2D eigenvalue weighted by Crippen LogP contribution is 2.46. The maximum absolute atomic E-state index is 15.5. The van der Waals surface area contributed by atoms with Crippen LogP contribution in [-0.2, 0) is 10.4 Å². The summed E-state index contributed by atoms with van der Waals surface area (Å²) in [5.74, 6) is -1.49. The molecule has 2 aromatic rings. The first-order valence-electron chi connectivity index (χ1n) is 10.0. The number of hydrogen-bond donors (Lipinski definition) is 2. The number of imidazole rings is 1. The van der Waals surface area contributed by atoms with Gasteiger partial charge in [-0.05, 0) is 43.9 Å². The molecule has 2 N–H and O–H groups in total. The number of carbonyl (C=O) groups is 1. The van der Waals surface area contributed by atoms with E-state index in [2.05, 4.69) is 10.3 Å². The van der Waals surface area contributed by atoms with E-state index in [9.17, 15) is 14.3 Å². The van der Waals surface area contributed by atoms with Gasteiger partial charge in [-0.15, -0.1) is 0 Å². The lowest BCUT2D eigenvalue weighted by atomic mass is 9.74. The third-order valence-electron chi connectivity index (χ3n) is 5.90. The molecule has 0 radical (unpaired) electrons. The standard InChI is InChI=1S/C21H27F2N3O2/c1-20(2,3)11-15(27)25-19-24-14-10-13(22)16(21(28)8-5-9-21)17(23)18(14)26(19)12-6-4-7-12/h10,12,28H,4-9,11H2,1-3H3,(H,24,25,27). The van der Waals surface area contributed by atoms with Gasteiger partial charge in [0.2, 0.25) is 11.9 Å². The molecule has 2 aliphatic rings. The summed E-state index contributed by atoms with van der Waals surface area (Å²) in [6.45, 7) is 5.88. The van der Waals surface area contributed by atoms with E-state index >= 15 is 4.39 Å². The minimum Gasteiger partial charge on any atom is -0.385 e. The molecule has 28 heavy (non-hydrogen) atoms. The molecule has 5 nitrogen and oxygen atoms in total. The van der Waals surface area contributed by atoms with Crippen LogP contribution in [0, 0.1) is 17.0 Å². The van der Waals surface area contributed by atoms with Crippen LogP contribution < -0.4 is 5.32 Å². The van der Waals surface area contributed by atoms with Crippen LogP contribution >= 0.6 is 0 Å². The largest absolute Gasteiger partial charge is 0.385 e. The molecule has 1 amide bonds. The average molecular weight is 391 g/mol. The summed E-state index contributed by atoms with van der Waals surface area (Å²) >= 11 is 0. The van der Waals surface area contributed by atoms with Crippen LogP contribution in [0.4, 0.5) is 14.7 Å². The number of amides is 1. The van der Waals surface area contributed by atoms with Crippen molar-refractivity contribution >= 4 is 22.9 Å². The number of carbonyl (C=O) groups excluding carboxylic acids is 1. The highest BCUT2D eigenvalue weighted by Gasteiger charge is 2.42. The minimum atomic E-state index is -1.45. The van der Waals surface area contributed by atoms with Gasteiger partial charge in [0, 0.05) is 18.5 Å². The number of aliphatic hydroxyl groups is 1. The fourth-order valence-corrected chi connectivity index (χ4v) is 4.11. The van der Waals surface area contributed by atoms with Crippen molar-refractivity contribution in [3.63, 3.8) is 0 Å². The molecule has 0 atom stereocenters. The van der Waals surface area contributed by atoms with E-state index in [0.29, 0.717) is 19.3 Å². The van der Waals surface area contributed by atoms with Crippen molar-refractivity contribution in [2.75, 3.05) is 5.32 Å². The van der Waals surface area contributed by atoms with Crippen molar-refractivity contribution in [2.24, 2.45) is 5.41 Å². The van der Waals surface area contributed by atoms with Gasteiger partial charge in [-0.2, -0.15) is 0 Å². The zero-order chi connectivity index (χ0) is 20.3. The molecule has 7 heteroatoms. The van der Waals surface area contributed by atoms with Crippen molar-refractivity contribution in [3.8, 4) is 0 Å². The Hall–Kier alpha value is -2.02. The smallest absolute Gasteiger partial charge is 0.227 e. The average Bonchev–Trinajstić information content (AvgIpc) is 2.79. The summed E-state index contributed by atoms with van der Waals surface area (Å²) in [4.78, 5) is 16.8. The number of aromatic nitrogens is 2. The van der Waals surface area contributed by atoms with Gasteiger partial charge in [0.1, 0.15) is 11.3 Å². The molecule has 4 rings (SSSR count). The van der Waals surface area contributed by atoms with Crippen LogP contribution in [0.25, 0.3) is 11.0 Å². The van der Waals surface area contributed by atoms with Crippen LogP contribution in [0.3, 0.4) is 0 Å². The van der Waals surface area contributed by atoms with Crippen molar-refractivity contribution in [1.29, 1.82) is 0 Å². The molecule has 2 fully saturated rings. The lowest BCUT2D eigenvalue weighted by Crippen LogP contribution is -2.36. The number of nitrogens with one attached hydrogen (secondary N) is 1. The van der Waals surface area contributed by atoms with Gasteiger partial charge in [0.15, 0.2) is 5.82 Å². The lowest BCUT2D eigenvalue weighted by Gasteiger charge is -2.37. The molecule has 0 spiro atoms. The zero-order valence-corrected chi connectivity index (χ0v) is 16.6. The predicted molar refractivity (Wildman–Crippen MR) is 103 cm³/mol. The molecule has 0 unspecified atom stereocenters. The van der Waals surface area contributed by atoms with E-state index < -0.39 is 17.2 Å². The summed E-state index contributed by atoms with van der Waals surface area (Å²) in [6, 6.07) is 1.19. The van der Waals surface area contributed by atoms with Gasteiger partial charge in [-0.3, -0.25) is 10.1 Å². The Labute approximate surface area is 163 Å². The molecule has 0 bridgehead atoms. The first kappa shape index (κ1) is 19.3. The number of halogens is 2. The van der Waals surface area contributed by atoms with Crippen LogP contribution in [0.1, 0.15) is 77.3 Å². The highest BCUT2D eigenvalue weighted by atomic mass is 19.1. The van der Waals surface area contributed by atoms with E-state index in [-0.39, 0.29) is 39.9 Å². The van der Waals surface area contributed by atoms with Crippen LogP contribution in [0.15, 0.2) is 6.07 Å². The van der Waals surface area contributed by atoms with Gasteiger partial charge in [-0.25, -0.2) is 13.8 Å². The van der Waals surface area contributed by atoms with Gasteiger partial charge < -0.3 is 9.67 Å². The fourth-order valence-electron chi connectivity index (χ4n) is 4.11. The van der Waals surface area contributed by atoms with Crippen LogP contribution in [-0.4, -0.2) is 20.6 Å². The Kier molecular flexibility index (Phi) is 4.49. The Morgan fingerprint density at radius 2 is 2.00 bits per heavy atom. The predicted octanol–water partition coefficient (Wildman–Crippen LogP) is 4.79. The Balaban J connectivity index is 1.82. The molecule has 1 aromatic carbocycles. The molecule has 1 aromatic heterocycles. The second-order valence-electron chi connectivity index (χ2n) is 9.48. The molecular formula is C21H27F2N3O2. The quantitative estimate of drug-likeness (QED) is 0.788. The maximum Gasteiger partial charge on any atom is 0.227 e. The van der Waals surface area contributed by atoms with Crippen molar-refractivity contribution in [3.05, 3.63) is 23.3 Å². The Morgan fingerprint density at radius 1 is 1.32 bits per heavy atom. The van der Waals surface area contributed by atoms with Crippen LogP contribution in [0.5, 0.6) is 0 Å². The van der Waals surface area contributed by atoms with E-state index in [4.69, 9.17) is 0 Å². The molecule has 1 heterocycles. The van der Waals surface area contributed by atoms with Gasteiger partial charge in [0.05, 0.1) is 16.7 Å². The van der Waals surface area contributed by atoms with Crippen molar-refractivity contribution in [2.45, 2.75) is 77.4 Å². The lowest BCUT2D eigenvalue weighted by molar-refractivity contribution is -0.117. The fraction of sp³-hybridized carbons (Fsp3) is 0.619. The topological polar surface area (TPSA) is 67.2 Å². The zero-order valence-electron chi connectivity index (χ0n) is 16.6. The Bertz CT molecular complexity index is 937. The number of fused-ring (bicyclic) bond motifs is 1. The SMILES string of the molecule is CC(C)(C)CC(=O)Nc1nc2cc(F)c(C3(O)CCC3)c(F)c2n1C1CCC1. The molecule has 0 aliphatic heterocycles. The summed E-state index contributed by atoms with van der Waals surface area (Å²) < 4.78 is 31.9. The summed E-state index contributed by atoms with van der Waals surface area (Å²) in [5, 5.41) is 13.4. The molecular weight excluding hydrogens is 364 g/mol. The molecule has 2 saturated carbocycles. The normalized spacial score (nSPS) is 19.4. The first-order chi connectivity index (χ1) is 13.1. The number of rotatable bonds is 4. The van der Waals surface area contributed by atoms with Gasteiger partial charge >= 0.3 is 0 Å². The first-order valence-corrected chi connectivity index (χ1v) is 10.0. The molecule has 0 saturated heterocycles. The Morgan fingerprint density at radius 3 is 2.50 bits per heavy atom. The van der Waals surface area contributed by atoms with E-state index in [1.807, 2.05) is 20.8 Å². The third-order valence-corrected chi connectivity index (χ3v) is 5.90. The van der Waals surface area contributed by atoms with E-state index in [1.54, 1.807) is 4.57 Å². The number of benzene rings is 1. The number of hydrogen-bond acceptors (Lipinski definition) is 3. The minimum absolute atomic E-state index is 0.0128. The number of nitrogens with zero attached hydrogens (tertiary/aromatic N) is 2. The van der Waals surface area contributed by atoms with Gasteiger partial charge in [0.25, 0.3) is 0 Å². The van der Waals surface area contributed by atoms with Crippen molar-refractivity contribution < 1.29 is 18.7 Å². The van der Waals surface area contributed by atoms with Crippen molar-refractivity contribution in [1.82, 2.24) is 9.55 Å².